The molecule has 2 aliphatic heterocycles. The van der Waals surface area contributed by atoms with E-state index in [4.69, 9.17) is 14.6 Å². The van der Waals surface area contributed by atoms with Crippen molar-refractivity contribution in [2.24, 2.45) is 0 Å². The molecule has 0 aliphatic carbocycles. The molecule has 8 nitrogen and oxygen atoms in total. The lowest BCUT2D eigenvalue weighted by molar-refractivity contribution is -0.139. The summed E-state index contributed by atoms with van der Waals surface area (Å²) < 4.78 is 13.0. The van der Waals surface area contributed by atoms with Crippen molar-refractivity contribution < 1.29 is 14.3 Å². The molecule has 1 atom stereocenters. The minimum atomic E-state index is -0.394. The van der Waals surface area contributed by atoms with Crippen LogP contribution in [0, 0.1) is 6.92 Å². The highest BCUT2D eigenvalue weighted by molar-refractivity contribution is 5.94. The lowest BCUT2D eigenvalue weighted by Gasteiger charge is -2.38. The number of hydrogen-bond donors (Lipinski definition) is 0. The van der Waals surface area contributed by atoms with Gasteiger partial charge in [-0.1, -0.05) is 17.7 Å². The van der Waals surface area contributed by atoms with Crippen LogP contribution < -0.4 is 4.90 Å². The predicted octanol–water partition coefficient (Wildman–Crippen LogP) is 1.79. The molecule has 3 aromatic rings. The SMILES string of the molecule is Cc1ccc(-n2nc(N3CCOC[C@H]3C(=O)N3CCOCC3)c3ccncc32)cc1. The number of nitrogens with zero attached hydrogens (tertiary/aromatic N) is 5. The number of anilines is 1. The summed E-state index contributed by atoms with van der Waals surface area (Å²) in [6.07, 6.45) is 3.59. The summed E-state index contributed by atoms with van der Waals surface area (Å²) in [7, 11) is 0. The van der Waals surface area contributed by atoms with E-state index in [-0.39, 0.29) is 5.91 Å². The number of benzene rings is 1. The fourth-order valence-corrected chi connectivity index (χ4v) is 4.10. The van der Waals surface area contributed by atoms with Crippen molar-refractivity contribution in [2.75, 3.05) is 51.0 Å². The average molecular weight is 407 g/mol. The Morgan fingerprint density at radius 2 is 1.80 bits per heavy atom. The summed E-state index contributed by atoms with van der Waals surface area (Å²) in [6.45, 7) is 6.00. The van der Waals surface area contributed by atoms with Gasteiger partial charge in [-0.05, 0) is 25.1 Å². The Morgan fingerprint density at radius 3 is 2.60 bits per heavy atom. The number of rotatable bonds is 3. The first-order valence-corrected chi connectivity index (χ1v) is 10.3. The topological polar surface area (TPSA) is 72.7 Å². The molecular formula is C22H25N5O3. The molecule has 2 aliphatic rings. The highest BCUT2D eigenvalue weighted by atomic mass is 16.5. The van der Waals surface area contributed by atoms with Crippen LogP contribution in [0.2, 0.25) is 0 Å². The Morgan fingerprint density at radius 1 is 1.03 bits per heavy atom. The molecule has 0 radical (unpaired) electrons. The van der Waals surface area contributed by atoms with Crippen LogP contribution in [0.4, 0.5) is 5.82 Å². The summed E-state index contributed by atoms with van der Waals surface area (Å²) in [5.74, 6) is 0.868. The zero-order valence-corrected chi connectivity index (χ0v) is 17.0. The van der Waals surface area contributed by atoms with Gasteiger partial charge in [-0.25, -0.2) is 4.68 Å². The van der Waals surface area contributed by atoms with Crippen molar-refractivity contribution in [2.45, 2.75) is 13.0 Å². The van der Waals surface area contributed by atoms with Gasteiger partial charge in [0.05, 0.1) is 43.8 Å². The van der Waals surface area contributed by atoms with E-state index in [1.165, 1.54) is 5.56 Å². The summed E-state index contributed by atoms with van der Waals surface area (Å²) in [6, 6.07) is 9.81. The van der Waals surface area contributed by atoms with Crippen LogP contribution in [-0.2, 0) is 14.3 Å². The third-order valence-electron chi connectivity index (χ3n) is 5.75. The van der Waals surface area contributed by atoms with E-state index >= 15 is 0 Å². The Balaban J connectivity index is 1.55. The average Bonchev–Trinajstić information content (AvgIpc) is 3.19. The second-order valence-electron chi connectivity index (χ2n) is 7.69. The van der Waals surface area contributed by atoms with Gasteiger partial charge in [-0.2, -0.15) is 0 Å². The van der Waals surface area contributed by atoms with Gasteiger partial charge >= 0.3 is 0 Å². The molecule has 0 unspecified atom stereocenters. The molecule has 4 heterocycles. The summed E-state index contributed by atoms with van der Waals surface area (Å²) in [5, 5.41) is 5.92. The van der Waals surface area contributed by atoms with Gasteiger partial charge in [0.1, 0.15) is 6.04 Å². The van der Waals surface area contributed by atoms with E-state index in [0.717, 1.165) is 22.4 Å². The van der Waals surface area contributed by atoms with Crippen LogP contribution in [0.15, 0.2) is 42.7 Å². The molecule has 5 rings (SSSR count). The number of hydrogen-bond acceptors (Lipinski definition) is 6. The van der Waals surface area contributed by atoms with Gasteiger partial charge in [0, 0.05) is 31.2 Å². The molecule has 0 spiro atoms. The first kappa shape index (κ1) is 19.0. The first-order chi connectivity index (χ1) is 14.7. The van der Waals surface area contributed by atoms with E-state index < -0.39 is 6.04 Å². The molecule has 0 N–H and O–H groups in total. The van der Waals surface area contributed by atoms with Gasteiger partial charge in [0.15, 0.2) is 5.82 Å². The highest BCUT2D eigenvalue weighted by Crippen LogP contribution is 2.30. The van der Waals surface area contributed by atoms with Crippen LogP contribution in [0.5, 0.6) is 0 Å². The minimum Gasteiger partial charge on any atom is -0.378 e. The Bertz CT molecular complexity index is 1040. The van der Waals surface area contributed by atoms with Gasteiger partial charge in [-0.3, -0.25) is 9.78 Å². The maximum Gasteiger partial charge on any atom is 0.247 e. The zero-order chi connectivity index (χ0) is 20.5. The maximum absolute atomic E-state index is 13.3. The number of pyridine rings is 1. The molecule has 1 amide bonds. The molecule has 1 aromatic carbocycles. The maximum atomic E-state index is 13.3. The third kappa shape index (κ3) is 3.42. The van der Waals surface area contributed by atoms with Crippen molar-refractivity contribution in [3.8, 4) is 5.69 Å². The van der Waals surface area contributed by atoms with Gasteiger partial charge in [0.2, 0.25) is 5.91 Å². The second-order valence-corrected chi connectivity index (χ2v) is 7.69. The minimum absolute atomic E-state index is 0.0742. The Hall–Kier alpha value is -2.97. The molecule has 0 bridgehead atoms. The number of amides is 1. The number of carbonyl (C=O) groups is 1. The van der Waals surface area contributed by atoms with E-state index in [2.05, 4.69) is 28.9 Å². The second kappa shape index (κ2) is 8.04. The van der Waals surface area contributed by atoms with Crippen molar-refractivity contribution in [3.63, 3.8) is 0 Å². The molecule has 2 fully saturated rings. The third-order valence-corrected chi connectivity index (χ3v) is 5.75. The smallest absolute Gasteiger partial charge is 0.247 e. The molecule has 2 saturated heterocycles. The monoisotopic (exact) mass is 407 g/mol. The van der Waals surface area contributed by atoms with Crippen LogP contribution in [0.3, 0.4) is 0 Å². The molecule has 156 valence electrons. The first-order valence-electron chi connectivity index (χ1n) is 10.3. The number of aryl methyl sites for hydroxylation is 1. The van der Waals surface area contributed by atoms with Crippen LogP contribution in [0.1, 0.15) is 5.56 Å². The number of carbonyl (C=O) groups excluding carboxylic acids is 1. The van der Waals surface area contributed by atoms with Crippen molar-refractivity contribution in [1.29, 1.82) is 0 Å². The lowest BCUT2D eigenvalue weighted by Crippen LogP contribution is -2.57. The summed E-state index contributed by atoms with van der Waals surface area (Å²) in [5.41, 5.74) is 3.08. The van der Waals surface area contributed by atoms with Crippen LogP contribution in [-0.4, -0.2) is 77.7 Å². The van der Waals surface area contributed by atoms with Gasteiger partial charge in [0.25, 0.3) is 0 Å². The molecular weight excluding hydrogens is 382 g/mol. The largest absolute Gasteiger partial charge is 0.378 e. The highest BCUT2D eigenvalue weighted by Gasteiger charge is 2.35. The quantitative estimate of drug-likeness (QED) is 0.659. The number of ether oxygens (including phenoxy) is 2. The predicted molar refractivity (Wildman–Crippen MR) is 113 cm³/mol. The fourth-order valence-electron chi connectivity index (χ4n) is 4.10. The van der Waals surface area contributed by atoms with E-state index in [9.17, 15) is 4.79 Å². The van der Waals surface area contributed by atoms with Crippen LogP contribution in [0.25, 0.3) is 16.6 Å². The fraction of sp³-hybridized carbons (Fsp3) is 0.409. The summed E-state index contributed by atoms with van der Waals surface area (Å²) >= 11 is 0. The zero-order valence-electron chi connectivity index (χ0n) is 17.0. The normalized spacial score (nSPS) is 20.0. The van der Waals surface area contributed by atoms with Gasteiger partial charge in [-0.15, -0.1) is 5.10 Å². The lowest BCUT2D eigenvalue weighted by atomic mass is 10.1. The van der Waals surface area contributed by atoms with Gasteiger partial charge < -0.3 is 19.3 Å². The Kier molecular flexibility index (Phi) is 5.10. The standard InChI is InChI=1S/C22H25N5O3/c1-16-2-4-17(5-3-16)27-19-14-23-7-6-18(19)21(24-27)26-10-13-30-15-20(26)22(28)25-8-11-29-12-9-25/h2-7,14,20H,8-13,15H2,1H3/t20-/m0/s1. The van der Waals surface area contributed by atoms with Crippen molar-refractivity contribution >= 4 is 22.6 Å². The molecule has 30 heavy (non-hydrogen) atoms. The van der Waals surface area contributed by atoms with Crippen LogP contribution >= 0.6 is 0 Å². The number of morpholine rings is 2. The molecule has 2 aromatic heterocycles. The van der Waals surface area contributed by atoms with Crippen molar-refractivity contribution in [1.82, 2.24) is 19.7 Å². The number of aromatic nitrogens is 3. The summed E-state index contributed by atoms with van der Waals surface area (Å²) in [4.78, 5) is 21.6. The van der Waals surface area contributed by atoms with E-state index in [0.29, 0.717) is 46.1 Å². The number of fused-ring (bicyclic) bond motifs is 1. The van der Waals surface area contributed by atoms with E-state index in [1.54, 1.807) is 6.20 Å². The Labute approximate surface area is 175 Å². The molecule has 0 saturated carbocycles. The van der Waals surface area contributed by atoms with E-state index in [1.807, 2.05) is 34.0 Å². The van der Waals surface area contributed by atoms with Crippen molar-refractivity contribution in [3.05, 3.63) is 48.3 Å². The molecule has 8 heteroatoms.